The SMILES string of the molecule is CNCCCC(=O)NCC(C(C)C)N1CCN(C)CC1. The fraction of sp³-hybridized carbons (Fsp3) is 0.933. The molecular weight excluding hydrogens is 252 g/mol. The minimum Gasteiger partial charge on any atom is -0.355 e. The molecule has 1 saturated heterocycles. The van der Waals surface area contributed by atoms with Gasteiger partial charge in [0.2, 0.25) is 5.91 Å². The Morgan fingerprint density at radius 1 is 1.20 bits per heavy atom. The molecule has 0 spiro atoms. The molecule has 1 amide bonds. The van der Waals surface area contributed by atoms with Crippen LogP contribution in [0.5, 0.6) is 0 Å². The average molecular weight is 284 g/mol. The predicted molar refractivity (Wildman–Crippen MR) is 83.9 cm³/mol. The van der Waals surface area contributed by atoms with E-state index in [0.29, 0.717) is 18.4 Å². The molecular formula is C15H32N4O. The van der Waals surface area contributed by atoms with Crippen molar-refractivity contribution in [3.05, 3.63) is 0 Å². The minimum absolute atomic E-state index is 0.181. The maximum Gasteiger partial charge on any atom is 0.220 e. The third-order valence-corrected chi connectivity index (χ3v) is 4.12. The quantitative estimate of drug-likeness (QED) is 0.633. The second kappa shape index (κ2) is 9.32. The smallest absolute Gasteiger partial charge is 0.220 e. The van der Waals surface area contributed by atoms with Gasteiger partial charge in [-0.1, -0.05) is 13.8 Å². The summed E-state index contributed by atoms with van der Waals surface area (Å²) in [6, 6.07) is 0.456. The maximum absolute atomic E-state index is 11.8. The lowest BCUT2D eigenvalue weighted by molar-refractivity contribution is -0.121. The zero-order valence-corrected chi connectivity index (χ0v) is 13.6. The standard InChI is InChI=1S/C15H32N4O/c1-13(2)14(19-10-8-18(4)9-11-19)12-17-15(20)6-5-7-16-3/h13-14,16H,5-12H2,1-4H3,(H,17,20). The summed E-state index contributed by atoms with van der Waals surface area (Å²) in [5, 5.41) is 6.18. The van der Waals surface area contributed by atoms with E-state index >= 15 is 0 Å². The number of likely N-dealkylation sites (N-methyl/N-ethyl adjacent to an activating group) is 1. The summed E-state index contributed by atoms with van der Waals surface area (Å²) < 4.78 is 0. The van der Waals surface area contributed by atoms with E-state index in [1.165, 1.54) is 0 Å². The van der Waals surface area contributed by atoms with Gasteiger partial charge in [-0.25, -0.2) is 0 Å². The molecule has 5 heteroatoms. The number of hydrogen-bond acceptors (Lipinski definition) is 4. The second-order valence-electron chi connectivity index (χ2n) is 6.16. The molecule has 1 heterocycles. The Bertz CT molecular complexity index is 275. The Kier molecular flexibility index (Phi) is 8.11. The van der Waals surface area contributed by atoms with E-state index in [9.17, 15) is 4.79 Å². The third kappa shape index (κ3) is 6.20. The number of piperazine rings is 1. The molecule has 0 aromatic rings. The van der Waals surface area contributed by atoms with Crippen LogP contribution < -0.4 is 10.6 Å². The first-order valence-corrected chi connectivity index (χ1v) is 7.88. The number of hydrogen-bond donors (Lipinski definition) is 2. The van der Waals surface area contributed by atoms with Gasteiger partial charge in [-0.2, -0.15) is 0 Å². The minimum atomic E-state index is 0.181. The Morgan fingerprint density at radius 3 is 2.40 bits per heavy atom. The van der Waals surface area contributed by atoms with Crippen molar-refractivity contribution in [2.75, 3.05) is 53.4 Å². The highest BCUT2D eigenvalue weighted by Crippen LogP contribution is 2.12. The lowest BCUT2D eigenvalue weighted by Gasteiger charge is -2.39. The van der Waals surface area contributed by atoms with Crippen LogP contribution in [0.4, 0.5) is 0 Å². The Hall–Kier alpha value is -0.650. The summed E-state index contributed by atoms with van der Waals surface area (Å²) in [4.78, 5) is 16.7. The van der Waals surface area contributed by atoms with Crippen molar-refractivity contribution in [1.82, 2.24) is 20.4 Å². The van der Waals surface area contributed by atoms with Gasteiger partial charge >= 0.3 is 0 Å². The molecule has 2 N–H and O–H groups in total. The average Bonchev–Trinajstić information content (AvgIpc) is 2.41. The van der Waals surface area contributed by atoms with Gasteiger partial charge in [0, 0.05) is 45.2 Å². The molecule has 0 aromatic heterocycles. The van der Waals surface area contributed by atoms with Crippen LogP contribution in [0.25, 0.3) is 0 Å². The van der Waals surface area contributed by atoms with Crippen LogP contribution in [0.2, 0.25) is 0 Å². The van der Waals surface area contributed by atoms with Crippen LogP contribution >= 0.6 is 0 Å². The molecule has 1 fully saturated rings. The van der Waals surface area contributed by atoms with Crippen molar-refractivity contribution >= 4 is 5.91 Å². The summed E-state index contributed by atoms with van der Waals surface area (Å²) in [7, 11) is 4.09. The molecule has 20 heavy (non-hydrogen) atoms. The Balaban J connectivity index is 2.33. The maximum atomic E-state index is 11.8. The first-order chi connectivity index (χ1) is 9.54. The van der Waals surface area contributed by atoms with Gasteiger partial charge in [-0.15, -0.1) is 0 Å². The molecule has 0 bridgehead atoms. The molecule has 0 radical (unpaired) electrons. The summed E-state index contributed by atoms with van der Waals surface area (Å²) >= 11 is 0. The van der Waals surface area contributed by atoms with Crippen LogP contribution in [0.1, 0.15) is 26.7 Å². The third-order valence-electron chi connectivity index (χ3n) is 4.12. The van der Waals surface area contributed by atoms with Gasteiger partial charge < -0.3 is 15.5 Å². The van der Waals surface area contributed by atoms with Gasteiger partial charge in [-0.3, -0.25) is 9.69 Å². The number of amides is 1. The summed E-state index contributed by atoms with van der Waals surface area (Å²) in [5.41, 5.74) is 0. The van der Waals surface area contributed by atoms with E-state index < -0.39 is 0 Å². The van der Waals surface area contributed by atoms with Gasteiger partial charge in [0.25, 0.3) is 0 Å². The molecule has 1 atom stereocenters. The largest absolute Gasteiger partial charge is 0.355 e. The molecule has 118 valence electrons. The van der Waals surface area contributed by atoms with Gasteiger partial charge in [0.15, 0.2) is 0 Å². The zero-order chi connectivity index (χ0) is 15.0. The van der Waals surface area contributed by atoms with Crippen molar-refractivity contribution in [3.8, 4) is 0 Å². The lowest BCUT2D eigenvalue weighted by atomic mass is 10.0. The highest BCUT2D eigenvalue weighted by molar-refractivity contribution is 5.75. The van der Waals surface area contributed by atoms with Crippen LogP contribution in [-0.4, -0.2) is 75.1 Å². The van der Waals surface area contributed by atoms with E-state index in [1.807, 2.05) is 7.05 Å². The predicted octanol–water partition coefficient (Wildman–Crippen LogP) is 0.374. The van der Waals surface area contributed by atoms with Crippen LogP contribution in [0.3, 0.4) is 0 Å². The number of carbonyl (C=O) groups excluding carboxylic acids is 1. The van der Waals surface area contributed by atoms with Crippen LogP contribution in [0, 0.1) is 5.92 Å². The molecule has 1 aliphatic rings. The first-order valence-electron chi connectivity index (χ1n) is 7.88. The van der Waals surface area contributed by atoms with E-state index in [4.69, 9.17) is 0 Å². The lowest BCUT2D eigenvalue weighted by Crippen LogP contribution is -2.54. The highest BCUT2D eigenvalue weighted by atomic mass is 16.1. The van der Waals surface area contributed by atoms with Gasteiger partial charge in [0.05, 0.1) is 0 Å². The Labute approximate surface area is 124 Å². The van der Waals surface area contributed by atoms with E-state index in [2.05, 4.69) is 41.3 Å². The van der Waals surface area contributed by atoms with Crippen LogP contribution in [-0.2, 0) is 4.79 Å². The molecule has 0 saturated carbocycles. The number of rotatable bonds is 8. The topological polar surface area (TPSA) is 47.6 Å². The van der Waals surface area contributed by atoms with Crippen molar-refractivity contribution < 1.29 is 4.79 Å². The summed E-state index contributed by atoms with van der Waals surface area (Å²) in [6.45, 7) is 10.6. The number of carbonyl (C=O) groups is 1. The fourth-order valence-electron chi connectivity index (χ4n) is 2.67. The van der Waals surface area contributed by atoms with Crippen molar-refractivity contribution in [2.45, 2.75) is 32.7 Å². The monoisotopic (exact) mass is 284 g/mol. The van der Waals surface area contributed by atoms with E-state index in [1.54, 1.807) is 0 Å². The first kappa shape index (κ1) is 17.4. The van der Waals surface area contributed by atoms with Crippen LogP contribution in [0.15, 0.2) is 0 Å². The van der Waals surface area contributed by atoms with Gasteiger partial charge in [-0.05, 0) is 33.0 Å². The fourth-order valence-corrected chi connectivity index (χ4v) is 2.67. The normalized spacial score (nSPS) is 19.2. The van der Waals surface area contributed by atoms with Gasteiger partial charge in [0.1, 0.15) is 0 Å². The molecule has 5 nitrogen and oxygen atoms in total. The molecule has 1 unspecified atom stereocenters. The number of nitrogens with zero attached hydrogens (tertiary/aromatic N) is 2. The molecule has 0 aromatic carbocycles. The van der Waals surface area contributed by atoms with Crippen molar-refractivity contribution in [1.29, 1.82) is 0 Å². The zero-order valence-electron chi connectivity index (χ0n) is 13.6. The molecule has 1 rings (SSSR count). The van der Waals surface area contributed by atoms with Crippen molar-refractivity contribution in [2.24, 2.45) is 5.92 Å². The van der Waals surface area contributed by atoms with E-state index in [0.717, 1.165) is 45.7 Å². The summed E-state index contributed by atoms with van der Waals surface area (Å²) in [5.74, 6) is 0.746. The summed E-state index contributed by atoms with van der Waals surface area (Å²) in [6.07, 6.45) is 1.53. The van der Waals surface area contributed by atoms with Crippen molar-refractivity contribution in [3.63, 3.8) is 0 Å². The molecule has 0 aliphatic carbocycles. The molecule has 1 aliphatic heterocycles. The van der Waals surface area contributed by atoms with E-state index in [-0.39, 0.29) is 5.91 Å². The highest BCUT2D eigenvalue weighted by Gasteiger charge is 2.25. The number of nitrogens with one attached hydrogen (secondary N) is 2. The second-order valence-corrected chi connectivity index (χ2v) is 6.16. The Morgan fingerprint density at radius 2 is 1.85 bits per heavy atom.